The second-order valence-corrected chi connectivity index (χ2v) is 5.71. The van der Waals surface area contributed by atoms with Gasteiger partial charge in [0.25, 0.3) is 0 Å². The quantitative estimate of drug-likeness (QED) is 0.641. The van der Waals surface area contributed by atoms with Gasteiger partial charge in [0, 0.05) is 24.6 Å². The summed E-state index contributed by atoms with van der Waals surface area (Å²) in [6.07, 6.45) is 3.01. The predicted molar refractivity (Wildman–Crippen MR) is 68.3 cm³/mol. The van der Waals surface area contributed by atoms with Gasteiger partial charge < -0.3 is 10.5 Å². The first-order valence-corrected chi connectivity index (χ1v) is 6.25. The van der Waals surface area contributed by atoms with E-state index in [4.69, 9.17) is 5.11 Å². The standard InChI is InChI=1S/C13H22N2O3/c1-9(16)4-5-12(18)15-14-10-6-11(17)8-13(2,3)7-10/h6,9,14,16H,4-5,7-8H2,1-3H3,(H,15,18)/t9-/m0/s1. The monoisotopic (exact) mass is 254 g/mol. The molecule has 5 nitrogen and oxygen atoms in total. The van der Waals surface area contributed by atoms with Crippen molar-refractivity contribution in [1.82, 2.24) is 10.9 Å². The number of carbonyl (C=O) groups excluding carboxylic acids is 2. The zero-order chi connectivity index (χ0) is 13.8. The Morgan fingerprint density at radius 3 is 2.72 bits per heavy atom. The van der Waals surface area contributed by atoms with Gasteiger partial charge in [-0.3, -0.25) is 15.0 Å². The van der Waals surface area contributed by atoms with E-state index in [0.717, 1.165) is 12.1 Å². The van der Waals surface area contributed by atoms with E-state index in [9.17, 15) is 9.59 Å². The van der Waals surface area contributed by atoms with Gasteiger partial charge in [0.05, 0.1) is 6.10 Å². The molecule has 0 heterocycles. The van der Waals surface area contributed by atoms with Gasteiger partial charge in [-0.2, -0.15) is 0 Å². The number of allylic oxidation sites excluding steroid dienone is 2. The number of aliphatic hydroxyl groups excluding tert-OH is 1. The lowest BCUT2D eigenvalue weighted by molar-refractivity contribution is -0.122. The Morgan fingerprint density at radius 2 is 2.17 bits per heavy atom. The summed E-state index contributed by atoms with van der Waals surface area (Å²) in [6.45, 7) is 5.69. The largest absolute Gasteiger partial charge is 0.393 e. The van der Waals surface area contributed by atoms with Crippen molar-refractivity contribution >= 4 is 11.7 Å². The third-order valence-electron chi connectivity index (χ3n) is 2.81. The summed E-state index contributed by atoms with van der Waals surface area (Å²) in [5.41, 5.74) is 6.00. The van der Waals surface area contributed by atoms with E-state index in [0.29, 0.717) is 12.8 Å². The van der Waals surface area contributed by atoms with Crippen molar-refractivity contribution in [2.45, 2.75) is 52.6 Å². The van der Waals surface area contributed by atoms with Crippen LogP contribution in [-0.4, -0.2) is 22.9 Å². The number of hydrazine groups is 1. The van der Waals surface area contributed by atoms with Gasteiger partial charge in [-0.1, -0.05) is 13.8 Å². The third-order valence-corrected chi connectivity index (χ3v) is 2.81. The van der Waals surface area contributed by atoms with Gasteiger partial charge in [-0.25, -0.2) is 0 Å². The van der Waals surface area contributed by atoms with Gasteiger partial charge in [0.15, 0.2) is 5.78 Å². The van der Waals surface area contributed by atoms with E-state index in [1.54, 1.807) is 13.0 Å². The van der Waals surface area contributed by atoms with E-state index in [-0.39, 0.29) is 23.5 Å². The van der Waals surface area contributed by atoms with Crippen molar-refractivity contribution in [3.8, 4) is 0 Å². The maximum Gasteiger partial charge on any atom is 0.238 e. The molecule has 5 heteroatoms. The number of amides is 1. The molecular formula is C13H22N2O3. The fourth-order valence-corrected chi connectivity index (χ4v) is 1.98. The van der Waals surface area contributed by atoms with Crippen LogP contribution in [0.15, 0.2) is 11.8 Å². The summed E-state index contributed by atoms with van der Waals surface area (Å²) in [4.78, 5) is 22.9. The average molecular weight is 254 g/mol. The lowest BCUT2D eigenvalue weighted by atomic mass is 9.79. The fourth-order valence-electron chi connectivity index (χ4n) is 1.98. The Bertz CT molecular complexity index is 359. The molecule has 0 saturated carbocycles. The second-order valence-electron chi connectivity index (χ2n) is 5.71. The molecule has 0 saturated heterocycles. The fraction of sp³-hybridized carbons (Fsp3) is 0.692. The van der Waals surface area contributed by atoms with Crippen LogP contribution in [0, 0.1) is 5.41 Å². The first kappa shape index (κ1) is 14.7. The highest BCUT2D eigenvalue weighted by molar-refractivity contribution is 5.91. The first-order chi connectivity index (χ1) is 8.28. The Labute approximate surface area is 108 Å². The van der Waals surface area contributed by atoms with Gasteiger partial charge in [-0.05, 0) is 25.2 Å². The number of carbonyl (C=O) groups is 2. The van der Waals surface area contributed by atoms with E-state index < -0.39 is 6.10 Å². The molecule has 0 unspecified atom stereocenters. The molecular weight excluding hydrogens is 232 g/mol. The van der Waals surface area contributed by atoms with Gasteiger partial charge in [0.1, 0.15) is 0 Å². The number of hydrogen-bond acceptors (Lipinski definition) is 4. The molecule has 1 aliphatic rings. The van der Waals surface area contributed by atoms with E-state index >= 15 is 0 Å². The second kappa shape index (κ2) is 6.00. The van der Waals surface area contributed by atoms with Crippen LogP contribution < -0.4 is 10.9 Å². The molecule has 1 aliphatic carbocycles. The Morgan fingerprint density at radius 1 is 1.50 bits per heavy atom. The number of nitrogens with one attached hydrogen (secondary N) is 2. The molecule has 3 N–H and O–H groups in total. The number of rotatable bonds is 5. The van der Waals surface area contributed by atoms with E-state index in [2.05, 4.69) is 10.9 Å². The highest BCUT2D eigenvalue weighted by atomic mass is 16.3. The van der Waals surface area contributed by atoms with Gasteiger partial charge in [-0.15, -0.1) is 0 Å². The van der Waals surface area contributed by atoms with Crippen LogP contribution in [0.5, 0.6) is 0 Å². The number of ketones is 1. The smallest absolute Gasteiger partial charge is 0.238 e. The zero-order valence-corrected chi connectivity index (χ0v) is 11.2. The highest BCUT2D eigenvalue weighted by Crippen LogP contribution is 2.32. The maximum atomic E-state index is 11.5. The van der Waals surface area contributed by atoms with Crippen LogP contribution in [0.2, 0.25) is 0 Å². The molecule has 0 aromatic heterocycles. The molecule has 0 aromatic rings. The lowest BCUT2D eigenvalue weighted by Gasteiger charge is -2.29. The Hall–Kier alpha value is -1.36. The number of aliphatic hydroxyl groups is 1. The van der Waals surface area contributed by atoms with Crippen LogP contribution in [0.25, 0.3) is 0 Å². The molecule has 0 radical (unpaired) electrons. The molecule has 18 heavy (non-hydrogen) atoms. The average Bonchev–Trinajstić information content (AvgIpc) is 2.20. The van der Waals surface area contributed by atoms with Crippen molar-refractivity contribution in [3.63, 3.8) is 0 Å². The summed E-state index contributed by atoms with van der Waals surface area (Å²) in [7, 11) is 0. The molecule has 102 valence electrons. The van der Waals surface area contributed by atoms with Gasteiger partial charge in [0.2, 0.25) is 5.91 Å². The minimum absolute atomic E-state index is 0.0709. The molecule has 0 fully saturated rings. The van der Waals surface area contributed by atoms with Crippen LogP contribution in [-0.2, 0) is 9.59 Å². The van der Waals surface area contributed by atoms with Crippen molar-refractivity contribution in [2.24, 2.45) is 5.41 Å². The minimum Gasteiger partial charge on any atom is -0.393 e. The van der Waals surface area contributed by atoms with Crippen molar-refractivity contribution in [1.29, 1.82) is 0 Å². The molecule has 1 rings (SSSR count). The summed E-state index contributed by atoms with van der Waals surface area (Å²) in [5, 5.41) is 9.07. The summed E-state index contributed by atoms with van der Waals surface area (Å²) < 4.78 is 0. The van der Waals surface area contributed by atoms with E-state index in [1.807, 2.05) is 13.8 Å². The SMILES string of the molecule is C[C@H](O)CCC(=O)NNC1=CC(=O)CC(C)(C)C1. The van der Waals surface area contributed by atoms with Crippen LogP contribution in [0.4, 0.5) is 0 Å². The Balaban J connectivity index is 2.39. The topological polar surface area (TPSA) is 78.4 Å². The molecule has 0 aromatic carbocycles. The minimum atomic E-state index is -0.481. The lowest BCUT2D eigenvalue weighted by Crippen LogP contribution is -2.39. The normalized spacial score (nSPS) is 20.0. The highest BCUT2D eigenvalue weighted by Gasteiger charge is 2.27. The van der Waals surface area contributed by atoms with Gasteiger partial charge >= 0.3 is 0 Å². The predicted octanol–water partition coefficient (Wildman–Crippen LogP) is 1.04. The summed E-state index contributed by atoms with van der Waals surface area (Å²) in [5.74, 6) is -0.111. The molecule has 0 spiro atoms. The van der Waals surface area contributed by atoms with E-state index in [1.165, 1.54) is 0 Å². The van der Waals surface area contributed by atoms with Crippen LogP contribution in [0.3, 0.4) is 0 Å². The van der Waals surface area contributed by atoms with Crippen LogP contribution in [0.1, 0.15) is 46.5 Å². The molecule has 0 bridgehead atoms. The van der Waals surface area contributed by atoms with Crippen molar-refractivity contribution in [3.05, 3.63) is 11.8 Å². The summed E-state index contributed by atoms with van der Waals surface area (Å²) >= 11 is 0. The zero-order valence-electron chi connectivity index (χ0n) is 11.2. The molecule has 1 amide bonds. The Kier molecular flexibility index (Phi) is 4.90. The molecule has 0 aliphatic heterocycles. The van der Waals surface area contributed by atoms with Crippen molar-refractivity contribution < 1.29 is 14.7 Å². The summed E-state index contributed by atoms with van der Waals surface area (Å²) in [6, 6.07) is 0. The first-order valence-electron chi connectivity index (χ1n) is 6.25. The number of hydrogen-bond donors (Lipinski definition) is 3. The van der Waals surface area contributed by atoms with Crippen molar-refractivity contribution in [2.75, 3.05) is 0 Å². The van der Waals surface area contributed by atoms with Crippen LogP contribution >= 0.6 is 0 Å². The third kappa shape index (κ3) is 5.31. The molecule has 1 atom stereocenters. The maximum absolute atomic E-state index is 11.5.